The van der Waals surface area contributed by atoms with Crippen LogP contribution in [0, 0.1) is 0 Å². The number of rotatable bonds is 9. The summed E-state index contributed by atoms with van der Waals surface area (Å²) in [6.45, 7) is 0.346. The van der Waals surface area contributed by atoms with E-state index in [4.69, 9.17) is 9.15 Å². The predicted molar refractivity (Wildman–Crippen MR) is 118 cm³/mol. The van der Waals surface area contributed by atoms with Crippen LogP contribution in [-0.4, -0.2) is 28.7 Å². The van der Waals surface area contributed by atoms with Gasteiger partial charge < -0.3 is 19.8 Å². The van der Waals surface area contributed by atoms with Crippen LogP contribution in [0.15, 0.2) is 47.1 Å². The molecule has 3 aromatic rings. The van der Waals surface area contributed by atoms with Crippen LogP contribution in [0.1, 0.15) is 29.0 Å². The lowest BCUT2D eigenvalue weighted by Gasteiger charge is -2.11. The number of methoxy groups -OCH3 is 1. The normalized spacial score (nSPS) is 12.4. The van der Waals surface area contributed by atoms with Gasteiger partial charge in [0.15, 0.2) is 0 Å². The number of hydrogen-bond donors (Lipinski definition) is 2. The average molecular weight is 441 g/mol. The Hall–Kier alpha value is -3.20. The number of hydrogen-bond acceptors (Lipinski definition) is 6. The van der Waals surface area contributed by atoms with Gasteiger partial charge >= 0.3 is 0 Å². The summed E-state index contributed by atoms with van der Waals surface area (Å²) in [6, 6.07) is 11.2. The van der Waals surface area contributed by atoms with Gasteiger partial charge in [-0.25, -0.2) is 4.68 Å². The van der Waals surface area contributed by atoms with Gasteiger partial charge in [-0.3, -0.25) is 9.59 Å². The fourth-order valence-corrected chi connectivity index (χ4v) is 4.39. The molecule has 3 heterocycles. The summed E-state index contributed by atoms with van der Waals surface area (Å²) >= 11 is 1.75. The Morgan fingerprint density at radius 3 is 2.77 bits per heavy atom. The molecule has 0 spiro atoms. The molecule has 4 rings (SSSR count). The van der Waals surface area contributed by atoms with Gasteiger partial charge in [-0.2, -0.15) is 16.9 Å². The van der Waals surface area contributed by atoms with Gasteiger partial charge in [-0.1, -0.05) is 12.1 Å². The number of carbonyl (C=O) groups excluding carboxylic acids is 2. The van der Waals surface area contributed by atoms with E-state index in [1.165, 1.54) is 0 Å². The summed E-state index contributed by atoms with van der Waals surface area (Å²) < 4.78 is 12.0. The zero-order valence-corrected chi connectivity index (χ0v) is 18.0. The van der Waals surface area contributed by atoms with Gasteiger partial charge in [0.2, 0.25) is 11.8 Å². The lowest BCUT2D eigenvalue weighted by atomic mass is 10.1. The van der Waals surface area contributed by atoms with E-state index >= 15 is 0 Å². The molecule has 0 fully saturated rings. The summed E-state index contributed by atoms with van der Waals surface area (Å²) in [5.74, 6) is 3.34. The molecule has 2 aromatic heterocycles. The first-order chi connectivity index (χ1) is 15.1. The number of carbonyl (C=O) groups is 2. The zero-order valence-electron chi connectivity index (χ0n) is 17.2. The average Bonchev–Trinajstić information content (AvgIpc) is 3.51. The smallest absolute Gasteiger partial charge is 0.242 e. The number of amides is 2. The number of nitrogens with zero attached hydrogens (tertiary/aromatic N) is 2. The largest absolute Gasteiger partial charge is 0.497 e. The maximum absolute atomic E-state index is 12.6. The van der Waals surface area contributed by atoms with Gasteiger partial charge in [-0.15, -0.1) is 0 Å². The number of furan rings is 1. The number of nitrogens with one attached hydrogen (secondary N) is 2. The summed E-state index contributed by atoms with van der Waals surface area (Å²) in [5.41, 5.74) is 2.98. The van der Waals surface area contributed by atoms with E-state index < -0.39 is 0 Å². The second-order valence-electron chi connectivity index (χ2n) is 7.18. The van der Waals surface area contributed by atoms with Crippen molar-refractivity contribution in [2.75, 3.05) is 12.4 Å². The Kier molecular flexibility index (Phi) is 6.61. The minimum atomic E-state index is -0.195. The van der Waals surface area contributed by atoms with E-state index in [-0.39, 0.29) is 18.4 Å². The van der Waals surface area contributed by atoms with Crippen molar-refractivity contribution in [3.8, 4) is 5.75 Å². The van der Waals surface area contributed by atoms with Crippen LogP contribution in [0.5, 0.6) is 5.75 Å². The number of thioether (sulfide) groups is 1. The number of aromatic nitrogens is 2. The molecule has 0 radical (unpaired) electrons. The summed E-state index contributed by atoms with van der Waals surface area (Å²) in [6.07, 6.45) is 2.52. The van der Waals surface area contributed by atoms with E-state index in [0.717, 1.165) is 34.1 Å². The standard InChI is InChI=1S/C22H24N4O4S/c1-29-16-7-4-15(5-8-16)6-9-20(27)24-22-18-13-31-14-19(18)25-26(22)12-21(28)23-11-17-3-2-10-30-17/h2-5,7-8,10H,6,9,11-14H2,1H3,(H,23,28)(H,24,27). The third-order valence-corrected chi connectivity index (χ3v) is 5.98. The Morgan fingerprint density at radius 2 is 2.03 bits per heavy atom. The Bertz CT molecular complexity index is 1040. The van der Waals surface area contributed by atoms with E-state index in [0.29, 0.717) is 31.0 Å². The molecule has 0 atom stereocenters. The van der Waals surface area contributed by atoms with Crippen molar-refractivity contribution >= 4 is 29.4 Å². The van der Waals surface area contributed by atoms with Crippen molar-refractivity contribution in [1.82, 2.24) is 15.1 Å². The summed E-state index contributed by atoms with van der Waals surface area (Å²) in [5, 5.41) is 10.3. The second-order valence-corrected chi connectivity index (χ2v) is 8.16. The molecule has 8 nitrogen and oxygen atoms in total. The highest BCUT2D eigenvalue weighted by Crippen LogP contribution is 2.34. The van der Waals surface area contributed by atoms with Gasteiger partial charge in [0.1, 0.15) is 23.9 Å². The maximum atomic E-state index is 12.6. The first kappa shape index (κ1) is 21.0. The molecule has 1 aliphatic heterocycles. The molecule has 1 aromatic carbocycles. The first-order valence-corrected chi connectivity index (χ1v) is 11.2. The predicted octanol–water partition coefficient (Wildman–Crippen LogP) is 3.12. The molecule has 2 N–H and O–H groups in total. The summed E-state index contributed by atoms with van der Waals surface area (Å²) in [4.78, 5) is 25.0. The molecular formula is C22H24N4O4S. The molecule has 0 aliphatic carbocycles. The number of aryl methyl sites for hydroxylation is 1. The summed E-state index contributed by atoms with van der Waals surface area (Å²) in [7, 11) is 1.62. The molecule has 0 bridgehead atoms. The fourth-order valence-electron chi connectivity index (χ4n) is 3.36. The Balaban J connectivity index is 1.37. The highest BCUT2D eigenvalue weighted by molar-refractivity contribution is 7.98. The Labute approximate surface area is 184 Å². The van der Waals surface area contributed by atoms with Crippen molar-refractivity contribution < 1.29 is 18.7 Å². The highest BCUT2D eigenvalue weighted by atomic mass is 32.2. The fraction of sp³-hybridized carbons (Fsp3) is 0.318. The maximum Gasteiger partial charge on any atom is 0.242 e. The van der Waals surface area contributed by atoms with Crippen LogP contribution in [0.3, 0.4) is 0 Å². The van der Waals surface area contributed by atoms with Crippen LogP contribution in [-0.2, 0) is 40.6 Å². The van der Waals surface area contributed by atoms with Crippen molar-refractivity contribution in [2.24, 2.45) is 0 Å². The van der Waals surface area contributed by atoms with Gasteiger partial charge in [-0.05, 0) is 36.2 Å². The molecule has 2 amide bonds. The van der Waals surface area contributed by atoms with Crippen molar-refractivity contribution in [2.45, 2.75) is 37.4 Å². The van der Waals surface area contributed by atoms with E-state index in [1.807, 2.05) is 24.3 Å². The van der Waals surface area contributed by atoms with Gasteiger partial charge in [0, 0.05) is 23.5 Å². The van der Waals surface area contributed by atoms with Crippen LogP contribution >= 0.6 is 11.8 Å². The molecular weight excluding hydrogens is 416 g/mol. The number of anilines is 1. The molecule has 1 aliphatic rings. The minimum Gasteiger partial charge on any atom is -0.497 e. The monoisotopic (exact) mass is 440 g/mol. The van der Waals surface area contributed by atoms with E-state index in [9.17, 15) is 9.59 Å². The molecule has 0 unspecified atom stereocenters. The third kappa shape index (κ3) is 5.29. The first-order valence-electron chi connectivity index (χ1n) is 10.0. The SMILES string of the molecule is COc1ccc(CCC(=O)Nc2c3c(nn2CC(=O)NCc2ccco2)CSC3)cc1. The molecule has 0 saturated heterocycles. The van der Waals surface area contributed by atoms with E-state index in [2.05, 4.69) is 15.7 Å². The van der Waals surface area contributed by atoms with Crippen molar-refractivity contribution in [3.63, 3.8) is 0 Å². The zero-order chi connectivity index (χ0) is 21.6. The highest BCUT2D eigenvalue weighted by Gasteiger charge is 2.24. The van der Waals surface area contributed by atoms with Crippen molar-refractivity contribution in [3.05, 3.63) is 65.2 Å². The van der Waals surface area contributed by atoms with Crippen LogP contribution in [0.2, 0.25) is 0 Å². The lowest BCUT2D eigenvalue weighted by Crippen LogP contribution is -2.28. The molecule has 9 heteroatoms. The lowest BCUT2D eigenvalue weighted by molar-refractivity contribution is -0.122. The van der Waals surface area contributed by atoms with Crippen LogP contribution < -0.4 is 15.4 Å². The molecule has 0 saturated carbocycles. The Morgan fingerprint density at radius 1 is 1.19 bits per heavy atom. The quantitative estimate of drug-likeness (QED) is 0.531. The van der Waals surface area contributed by atoms with Gasteiger partial charge in [0.05, 0.1) is 25.6 Å². The topological polar surface area (TPSA) is 98.4 Å². The molecule has 162 valence electrons. The van der Waals surface area contributed by atoms with Crippen LogP contribution in [0.4, 0.5) is 5.82 Å². The van der Waals surface area contributed by atoms with Gasteiger partial charge in [0.25, 0.3) is 0 Å². The minimum absolute atomic E-state index is 0.0342. The number of benzene rings is 1. The number of fused-ring (bicyclic) bond motifs is 1. The molecule has 31 heavy (non-hydrogen) atoms. The van der Waals surface area contributed by atoms with Crippen LogP contribution in [0.25, 0.3) is 0 Å². The third-order valence-electron chi connectivity index (χ3n) is 5.01. The van der Waals surface area contributed by atoms with E-state index in [1.54, 1.807) is 41.9 Å². The second kappa shape index (κ2) is 9.74. The van der Waals surface area contributed by atoms with Crippen molar-refractivity contribution in [1.29, 1.82) is 0 Å². The number of ether oxygens (including phenoxy) is 1.